The molecule has 74 valence electrons. The molecule has 6 heteroatoms. The maximum absolute atomic E-state index is 11.9. The summed E-state index contributed by atoms with van der Waals surface area (Å²) >= 11 is 1.09. The fourth-order valence-corrected chi connectivity index (χ4v) is 2.38. The van der Waals surface area contributed by atoms with Crippen LogP contribution in [-0.2, 0) is 4.79 Å². The van der Waals surface area contributed by atoms with Crippen LogP contribution in [0.5, 0.6) is 0 Å². The highest BCUT2D eigenvalue weighted by Gasteiger charge is 2.42. The summed E-state index contributed by atoms with van der Waals surface area (Å²) in [5, 5.41) is 0.496. The van der Waals surface area contributed by atoms with Gasteiger partial charge in [-0.05, 0) is 12.1 Å². The summed E-state index contributed by atoms with van der Waals surface area (Å²) in [6.07, 6.45) is 1.57. The van der Waals surface area contributed by atoms with E-state index in [1.54, 1.807) is 18.3 Å². The first kappa shape index (κ1) is 8.60. The molecule has 15 heavy (non-hydrogen) atoms. The molecule has 3 heterocycles. The Kier molecular flexibility index (Phi) is 1.66. The SMILES string of the molecule is O=C1NSC2=Nc3ncccc3C(=O)C12. The number of ketones is 1. The van der Waals surface area contributed by atoms with Gasteiger partial charge in [0.25, 0.3) is 0 Å². The lowest BCUT2D eigenvalue weighted by molar-refractivity contribution is -0.119. The normalized spacial score (nSPS) is 22.9. The van der Waals surface area contributed by atoms with Crippen LogP contribution in [0, 0.1) is 5.92 Å². The topological polar surface area (TPSA) is 71.4 Å². The van der Waals surface area contributed by atoms with Crippen LogP contribution in [0.1, 0.15) is 10.4 Å². The van der Waals surface area contributed by atoms with E-state index in [4.69, 9.17) is 0 Å². The number of aliphatic imine (C=N–C) groups is 1. The molecule has 0 spiro atoms. The third-order valence-corrected chi connectivity index (χ3v) is 3.14. The van der Waals surface area contributed by atoms with E-state index < -0.39 is 5.92 Å². The number of Topliss-reactive ketones (excluding diaryl/α,β-unsaturated/α-hetero) is 1. The number of amides is 1. The van der Waals surface area contributed by atoms with Gasteiger partial charge in [-0.3, -0.25) is 14.3 Å². The van der Waals surface area contributed by atoms with E-state index in [9.17, 15) is 9.59 Å². The molecule has 2 aliphatic rings. The van der Waals surface area contributed by atoms with Gasteiger partial charge >= 0.3 is 0 Å². The Labute approximate surface area is 89.1 Å². The van der Waals surface area contributed by atoms with Crippen LogP contribution in [0.2, 0.25) is 0 Å². The lowest BCUT2D eigenvalue weighted by atomic mass is 9.96. The van der Waals surface area contributed by atoms with Gasteiger partial charge in [-0.1, -0.05) is 0 Å². The average molecular weight is 219 g/mol. The maximum atomic E-state index is 11.9. The first-order valence-electron chi connectivity index (χ1n) is 4.32. The standard InChI is InChI=1S/C9H5N3O2S/c13-6-4-2-1-3-10-7(4)11-9-5(6)8(14)12-15-9/h1-3,5H,(H,12,14). The Morgan fingerprint density at radius 2 is 2.27 bits per heavy atom. The van der Waals surface area contributed by atoms with Gasteiger partial charge in [0.05, 0.1) is 5.56 Å². The van der Waals surface area contributed by atoms with Crippen molar-refractivity contribution in [3.05, 3.63) is 23.9 Å². The number of carbonyl (C=O) groups is 2. The zero-order valence-corrected chi connectivity index (χ0v) is 8.25. The maximum Gasteiger partial charge on any atom is 0.247 e. The molecule has 1 N–H and O–H groups in total. The fourth-order valence-electron chi connectivity index (χ4n) is 1.59. The third kappa shape index (κ3) is 1.11. The summed E-state index contributed by atoms with van der Waals surface area (Å²) < 4.78 is 2.53. The molecule has 5 nitrogen and oxygen atoms in total. The van der Waals surface area contributed by atoms with Crippen LogP contribution in [-0.4, -0.2) is 21.7 Å². The van der Waals surface area contributed by atoms with E-state index in [1.165, 1.54) is 0 Å². The number of nitrogens with one attached hydrogen (secondary N) is 1. The molecule has 0 radical (unpaired) electrons. The predicted molar refractivity (Wildman–Crippen MR) is 54.9 cm³/mol. The molecule has 0 aliphatic carbocycles. The molecule has 1 fully saturated rings. The van der Waals surface area contributed by atoms with E-state index in [1.807, 2.05) is 0 Å². The number of hydrogen-bond acceptors (Lipinski definition) is 5. The Morgan fingerprint density at radius 1 is 1.40 bits per heavy atom. The molecule has 2 aliphatic heterocycles. The second-order valence-electron chi connectivity index (χ2n) is 3.19. The first-order chi connectivity index (χ1) is 7.27. The minimum absolute atomic E-state index is 0.217. The van der Waals surface area contributed by atoms with Crippen molar-refractivity contribution >= 4 is 34.5 Å². The molecule has 3 rings (SSSR count). The van der Waals surface area contributed by atoms with Crippen molar-refractivity contribution in [1.29, 1.82) is 0 Å². The molecule has 1 aromatic rings. The molecule has 0 bridgehead atoms. The smallest absolute Gasteiger partial charge is 0.247 e. The third-order valence-electron chi connectivity index (χ3n) is 2.30. The van der Waals surface area contributed by atoms with E-state index in [0.717, 1.165) is 11.9 Å². The zero-order chi connectivity index (χ0) is 10.4. The van der Waals surface area contributed by atoms with E-state index in [0.29, 0.717) is 16.4 Å². The van der Waals surface area contributed by atoms with Crippen molar-refractivity contribution in [2.24, 2.45) is 10.9 Å². The molecule has 1 amide bonds. The first-order valence-corrected chi connectivity index (χ1v) is 5.13. The van der Waals surface area contributed by atoms with Gasteiger partial charge in [0.2, 0.25) is 5.91 Å². The predicted octanol–water partition coefficient (Wildman–Crippen LogP) is 0.702. The van der Waals surface area contributed by atoms with E-state index in [-0.39, 0.29) is 11.7 Å². The molecular weight excluding hydrogens is 214 g/mol. The number of carbonyl (C=O) groups excluding carboxylic acids is 2. The molecule has 1 atom stereocenters. The number of rotatable bonds is 0. The average Bonchev–Trinajstić information content (AvgIpc) is 2.61. The summed E-state index contributed by atoms with van der Waals surface area (Å²) in [7, 11) is 0. The van der Waals surface area contributed by atoms with Crippen molar-refractivity contribution in [3.63, 3.8) is 0 Å². The minimum Gasteiger partial charge on any atom is -0.294 e. The number of hydrogen-bond donors (Lipinski definition) is 1. The molecule has 1 unspecified atom stereocenters. The highest BCUT2D eigenvalue weighted by Crippen LogP contribution is 2.33. The summed E-state index contributed by atoms with van der Waals surface area (Å²) in [4.78, 5) is 31.5. The van der Waals surface area contributed by atoms with E-state index in [2.05, 4.69) is 14.7 Å². The lowest BCUT2D eigenvalue weighted by Gasteiger charge is -2.13. The zero-order valence-electron chi connectivity index (χ0n) is 7.43. The van der Waals surface area contributed by atoms with Crippen molar-refractivity contribution in [2.45, 2.75) is 0 Å². The van der Waals surface area contributed by atoms with Gasteiger partial charge in [-0.2, -0.15) is 0 Å². The Bertz CT molecular complexity index is 512. The van der Waals surface area contributed by atoms with Crippen LogP contribution in [0.4, 0.5) is 5.82 Å². The summed E-state index contributed by atoms with van der Waals surface area (Å²) in [6.45, 7) is 0. The number of fused-ring (bicyclic) bond motifs is 2. The summed E-state index contributed by atoms with van der Waals surface area (Å²) in [5.41, 5.74) is 0.420. The molecule has 0 saturated carbocycles. The second kappa shape index (κ2) is 2.90. The van der Waals surface area contributed by atoms with E-state index >= 15 is 0 Å². The van der Waals surface area contributed by atoms with Crippen molar-refractivity contribution < 1.29 is 9.59 Å². The van der Waals surface area contributed by atoms with Crippen LogP contribution in [0.25, 0.3) is 0 Å². The summed E-state index contributed by atoms with van der Waals surface area (Å²) in [6, 6.07) is 3.30. The van der Waals surface area contributed by atoms with Crippen molar-refractivity contribution in [3.8, 4) is 0 Å². The van der Waals surface area contributed by atoms with Gasteiger partial charge in [0, 0.05) is 18.1 Å². The fraction of sp³-hybridized carbons (Fsp3) is 0.111. The van der Waals surface area contributed by atoms with Crippen LogP contribution < -0.4 is 4.72 Å². The number of aromatic nitrogens is 1. The Balaban J connectivity index is 2.22. The lowest BCUT2D eigenvalue weighted by Crippen LogP contribution is -2.30. The van der Waals surface area contributed by atoms with Gasteiger partial charge < -0.3 is 0 Å². The van der Waals surface area contributed by atoms with Crippen molar-refractivity contribution in [2.75, 3.05) is 0 Å². The molecule has 1 saturated heterocycles. The van der Waals surface area contributed by atoms with Crippen LogP contribution >= 0.6 is 11.9 Å². The number of pyridine rings is 1. The Hall–Kier alpha value is -1.69. The number of nitrogens with zero attached hydrogens (tertiary/aromatic N) is 2. The Morgan fingerprint density at radius 3 is 3.13 bits per heavy atom. The minimum atomic E-state index is -0.758. The van der Waals surface area contributed by atoms with Crippen LogP contribution in [0.15, 0.2) is 23.3 Å². The largest absolute Gasteiger partial charge is 0.294 e. The monoisotopic (exact) mass is 219 g/mol. The highest BCUT2D eigenvalue weighted by atomic mass is 32.2. The second-order valence-corrected chi connectivity index (χ2v) is 4.02. The van der Waals surface area contributed by atoms with Gasteiger partial charge in [0.15, 0.2) is 17.5 Å². The highest BCUT2D eigenvalue weighted by molar-refractivity contribution is 8.13. The summed E-state index contributed by atoms with van der Waals surface area (Å²) in [5.74, 6) is -0.867. The molecule has 1 aromatic heterocycles. The van der Waals surface area contributed by atoms with Gasteiger partial charge in [0.1, 0.15) is 5.04 Å². The van der Waals surface area contributed by atoms with Gasteiger partial charge in [-0.15, -0.1) is 0 Å². The quantitative estimate of drug-likeness (QED) is 0.515. The molecular formula is C9H5N3O2S. The molecule has 0 aromatic carbocycles. The van der Waals surface area contributed by atoms with Gasteiger partial charge in [-0.25, -0.2) is 9.98 Å². The van der Waals surface area contributed by atoms with Crippen molar-refractivity contribution in [1.82, 2.24) is 9.71 Å². The van der Waals surface area contributed by atoms with Crippen LogP contribution in [0.3, 0.4) is 0 Å².